The second-order valence-electron chi connectivity index (χ2n) is 3.88. The molecule has 2 aromatic rings. The maximum absolute atomic E-state index is 6.19. The molecule has 1 heterocycles. The predicted octanol–water partition coefficient (Wildman–Crippen LogP) is 3.98. The first-order valence-corrected chi connectivity index (χ1v) is 6.40. The first-order chi connectivity index (χ1) is 9.20. The van der Waals surface area contributed by atoms with Gasteiger partial charge in [-0.1, -0.05) is 40.5 Å². The van der Waals surface area contributed by atoms with Crippen molar-refractivity contribution in [2.75, 3.05) is 7.11 Å². The summed E-state index contributed by atoms with van der Waals surface area (Å²) in [6.45, 7) is 0. The maximum Gasteiger partial charge on any atom is 0.106 e. The highest BCUT2D eigenvalue weighted by molar-refractivity contribution is 6.37. The summed E-state index contributed by atoms with van der Waals surface area (Å²) in [4.78, 5) is 8.97. The number of hydrogen-bond acceptors (Lipinski definition) is 3. The summed E-state index contributed by atoms with van der Waals surface area (Å²) >= 11 is 12.1. The van der Waals surface area contributed by atoms with Gasteiger partial charge in [0.2, 0.25) is 0 Å². The second kappa shape index (κ2) is 6.55. The van der Waals surface area contributed by atoms with Gasteiger partial charge >= 0.3 is 0 Å². The van der Waals surface area contributed by atoms with Crippen molar-refractivity contribution >= 4 is 28.9 Å². The monoisotopic (exact) mass is 294 g/mol. The molecule has 1 aromatic heterocycles. The van der Waals surface area contributed by atoms with Crippen LogP contribution in [0, 0.1) is 0 Å². The molecule has 19 heavy (non-hydrogen) atoms. The number of oxime groups is 1. The van der Waals surface area contributed by atoms with Crippen molar-refractivity contribution in [1.29, 1.82) is 0 Å². The van der Waals surface area contributed by atoms with E-state index in [9.17, 15) is 0 Å². The second-order valence-corrected chi connectivity index (χ2v) is 4.73. The molecule has 0 aliphatic carbocycles. The predicted molar refractivity (Wildman–Crippen MR) is 77.9 cm³/mol. The van der Waals surface area contributed by atoms with Gasteiger partial charge < -0.3 is 4.84 Å². The topological polar surface area (TPSA) is 34.5 Å². The smallest absolute Gasteiger partial charge is 0.106 e. The summed E-state index contributed by atoms with van der Waals surface area (Å²) in [7, 11) is 1.51. The fourth-order valence-corrected chi connectivity index (χ4v) is 2.22. The third-order valence-corrected chi connectivity index (χ3v) is 3.09. The summed E-state index contributed by atoms with van der Waals surface area (Å²) in [5, 5.41) is 5.18. The van der Waals surface area contributed by atoms with Crippen LogP contribution in [0.4, 0.5) is 0 Å². The third kappa shape index (κ3) is 3.69. The molecule has 0 atom stereocenters. The molecule has 0 aliphatic rings. The van der Waals surface area contributed by atoms with Crippen molar-refractivity contribution in [2.45, 2.75) is 6.42 Å². The molecule has 2 rings (SSSR count). The zero-order chi connectivity index (χ0) is 13.7. The molecule has 0 saturated carbocycles. The minimum atomic E-state index is 0.548. The van der Waals surface area contributed by atoms with Gasteiger partial charge in [0.25, 0.3) is 0 Å². The number of halogens is 2. The van der Waals surface area contributed by atoms with Crippen molar-refractivity contribution in [1.82, 2.24) is 4.98 Å². The average molecular weight is 295 g/mol. The van der Waals surface area contributed by atoms with Crippen LogP contribution in [0.2, 0.25) is 10.0 Å². The molecule has 0 radical (unpaired) electrons. The number of rotatable bonds is 4. The first kappa shape index (κ1) is 13.8. The van der Waals surface area contributed by atoms with Crippen LogP contribution < -0.4 is 0 Å². The Bertz CT molecular complexity index is 585. The van der Waals surface area contributed by atoms with Gasteiger partial charge in [-0.15, -0.1) is 0 Å². The molecule has 0 fully saturated rings. The van der Waals surface area contributed by atoms with Crippen LogP contribution in [-0.2, 0) is 11.3 Å². The third-order valence-electron chi connectivity index (χ3n) is 2.54. The standard InChI is InChI=1S/C14H12Cl2N2O/c1-19-18-14(7-10-3-2-6-17-9-10)12-5-4-11(15)8-13(12)16/h2-6,8-9H,7H2,1H3/b18-14+. The van der Waals surface area contributed by atoms with E-state index in [1.165, 1.54) is 7.11 Å². The summed E-state index contributed by atoms with van der Waals surface area (Å²) in [6.07, 6.45) is 4.10. The molecular formula is C14H12Cl2N2O. The van der Waals surface area contributed by atoms with Crippen LogP contribution in [0.1, 0.15) is 11.1 Å². The fourth-order valence-electron chi connectivity index (χ4n) is 1.71. The van der Waals surface area contributed by atoms with Gasteiger partial charge in [0.15, 0.2) is 0 Å². The SMILES string of the molecule is CO/N=C(\Cc1cccnc1)c1ccc(Cl)cc1Cl. The lowest BCUT2D eigenvalue weighted by Crippen LogP contribution is -2.07. The van der Waals surface area contributed by atoms with E-state index in [4.69, 9.17) is 28.0 Å². The van der Waals surface area contributed by atoms with Gasteiger partial charge in [-0.25, -0.2) is 0 Å². The van der Waals surface area contributed by atoms with E-state index in [1.54, 1.807) is 24.5 Å². The largest absolute Gasteiger partial charge is 0.399 e. The van der Waals surface area contributed by atoms with Gasteiger partial charge in [0.05, 0.1) is 10.7 Å². The van der Waals surface area contributed by atoms with E-state index in [0.29, 0.717) is 16.5 Å². The quantitative estimate of drug-likeness (QED) is 0.631. The minimum absolute atomic E-state index is 0.548. The number of pyridine rings is 1. The summed E-state index contributed by atoms with van der Waals surface area (Å²) in [5.74, 6) is 0. The van der Waals surface area contributed by atoms with Crippen LogP contribution in [0.3, 0.4) is 0 Å². The van der Waals surface area contributed by atoms with E-state index >= 15 is 0 Å². The summed E-state index contributed by atoms with van der Waals surface area (Å²) < 4.78 is 0. The molecule has 98 valence electrons. The maximum atomic E-state index is 6.19. The lowest BCUT2D eigenvalue weighted by molar-refractivity contribution is 0.213. The van der Waals surface area contributed by atoms with E-state index in [0.717, 1.165) is 16.8 Å². The molecule has 3 nitrogen and oxygen atoms in total. The van der Waals surface area contributed by atoms with Crippen molar-refractivity contribution in [3.8, 4) is 0 Å². The molecule has 0 bridgehead atoms. The van der Waals surface area contributed by atoms with Crippen molar-refractivity contribution in [3.05, 3.63) is 63.9 Å². The highest BCUT2D eigenvalue weighted by atomic mass is 35.5. The Morgan fingerprint density at radius 2 is 2.16 bits per heavy atom. The Hall–Kier alpha value is -1.58. The molecule has 0 saturated heterocycles. The van der Waals surface area contributed by atoms with Crippen molar-refractivity contribution < 1.29 is 4.84 Å². The number of nitrogens with zero attached hydrogens (tertiary/aromatic N) is 2. The summed E-state index contributed by atoms with van der Waals surface area (Å²) in [5.41, 5.74) is 2.57. The van der Waals surface area contributed by atoms with Crippen LogP contribution in [-0.4, -0.2) is 17.8 Å². The Labute approximate surface area is 121 Å². The molecule has 0 amide bonds. The van der Waals surface area contributed by atoms with E-state index in [2.05, 4.69) is 10.1 Å². The Morgan fingerprint density at radius 3 is 2.79 bits per heavy atom. The molecular weight excluding hydrogens is 283 g/mol. The van der Waals surface area contributed by atoms with Gasteiger partial charge in [-0.05, 0) is 23.8 Å². The number of aromatic nitrogens is 1. The average Bonchev–Trinajstić information content (AvgIpc) is 2.39. The fraction of sp³-hybridized carbons (Fsp3) is 0.143. The van der Waals surface area contributed by atoms with E-state index in [1.807, 2.05) is 18.2 Å². The Balaban J connectivity index is 2.33. The van der Waals surface area contributed by atoms with Crippen LogP contribution in [0.25, 0.3) is 0 Å². The highest BCUT2D eigenvalue weighted by Crippen LogP contribution is 2.23. The molecule has 5 heteroatoms. The van der Waals surface area contributed by atoms with Crippen molar-refractivity contribution in [3.63, 3.8) is 0 Å². The minimum Gasteiger partial charge on any atom is -0.399 e. The molecule has 0 aliphatic heterocycles. The van der Waals surface area contributed by atoms with Gasteiger partial charge in [-0.2, -0.15) is 0 Å². The van der Waals surface area contributed by atoms with Gasteiger partial charge in [0.1, 0.15) is 7.11 Å². The zero-order valence-electron chi connectivity index (χ0n) is 10.3. The van der Waals surface area contributed by atoms with Crippen molar-refractivity contribution in [2.24, 2.45) is 5.16 Å². The van der Waals surface area contributed by atoms with Gasteiger partial charge in [0, 0.05) is 29.4 Å². The van der Waals surface area contributed by atoms with E-state index < -0.39 is 0 Å². The molecule has 0 unspecified atom stereocenters. The summed E-state index contributed by atoms with van der Waals surface area (Å²) in [6, 6.07) is 9.15. The van der Waals surface area contributed by atoms with Crippen LogP contribution >= 0.6 is 23.2 Å². The molecule has 0 spiro atoms. The van der Waals surface area contributed by atoms with Crippen LogP contribution in [0.5, 0.6) is 0 Å². The highest BCUT2D eigenvalue weighted by Gasteiger charge is 2.11. The number of hydrogen-bond donors (Lipinski definition) is 0. The van der Waals surface area contributed by atoms with Gasteiger partial charge in [-0.3, -0.25) is 4.98 Å². The lowest BCUT2D eigenvalue weighted by Gasteiger charge is -2.08. The zero-order valence-corrected chi connectivity index (χ0v) is 11.8. The Kier molecular flexibility index (Phi) is 4.77. The Morgan fingerprint density at radius 1 is 1.32 bits per heavy atom. The first-order valence-electron chi connectivity index (χ1n) is 5.65. The van der Waals surface area contributed by atoms with E-state index in [-0.39, 0.29) is 0 Å². The number of benzene rings is 1. The molecule has 1 aromatic carbocycles. The lowest BCUT2D eigenvalue weighted by atomic mass is 10.0. The van der Waals surface area contributed by atoms with Crippen LogP contribution in [0.15, 0.2) is 47.9 Å². The normalized spacial score (nSPS) is 11.4. The molecule has 0 N–H and O–H groups in total.